The molecule has 1 aromatic carbocycles. The lowest BCUT2D eigenvalue weighted by molar-refractivity contribution is -0.180. The Labute approximate surface area is 131 Å². The van der Waals surface area contributed by atoms with Gasteiger partial charge in [-0.25, -0.2) is 4.79 Å². The van der Waals surface area contributed by atoms with Crippen molar-refractivity contribution >= 4 is 11.7 Å². The smallest absolute Gasteiger partial charge is 0.319 e. The van der Waals surface area contributed by atoms with E-state index in [9.17, 15) is 4.79 Å². The molecule has 120 valence electrons. The number of urea groups is 1. The Balaban J connectivity index is 1.52. The van der Waals surface area contributed by atoms with Crippen molar-refractivity contribution in [2.45, 2.75) is 50.9 Å². The Bertz CT molecular complexity index is 509. The molecule has 3 rings (SSSR count). The highest BCUT2D eigenvalue weighted by Gasteiger charge is 2.41. The van der Waals surface area contributed by atoms with Gasteiger partial charge < -0.3 is 20.1 Å². The van der Waals surface area contributed by atoms with E-state index < -0.39 is 5.79 Å². The summed E-state index contributed by atoms with van der Waals surface area (Å²) in [5, 5.41) is 5.92. The number of anilines is 1. The van der Waals surface area contributed by atoms with Crippen LogP contribution < -0.4 is 10.6 Å². The minimum atomic E-state index is -0.459. The van der Waals surface area contributed by atoms with Crippen LogP contribution in [0, 0.1) is 0 Å². The molecule has 0 aromatic heterocycles. The summed E-state index contributed by atoms with van der Waals surface area (Å²) in [5.41, 5.74) is 2.07. The molecule has 1 unspecified atom stereocenters. The fraction of sp³-hybridized carbons (Fsp3) is 0.588. The molecule has 1 spiro atoms. The van der Waals surface area contributed by atoms with Gasteiger partial charge in [0.15, 0.2) is 5.79 Å². The number of nitrogens with one attached hydrogen (secondary N) is 2. The van der Waals surface area contributed by atoms with Crippen LogP contribution in [0.3, 0.4) is 0 Å². The summed E-state index contributed by atoms with van der Waals surface area (Å²) in [6.45, 7) is 3.42. The summed E-state index contributed by atoms with van der Waals surface area (Å²) >= 11 is 0. The average molecular weight is 304 g/mol. The number of hydrogen-bond donors (Lipinski definition) is 2. The third-order valence-corrected chi connectivity index (χ3v) is 4.44. The van der Waals surface area contributed by atoms with Crippen LogP contribution >= 0.6 is 0 Å². The minimum absolute atomic E-state index is 0.0989. The molecule has 1 aromatic rings. The maximum atomic E-state index is 12.1. The summed E-state index contributed by atoms with van der Waals surface area (Å²) in [5.74, 6) is -0.459. The van der Waals surface area contributed by atoms with Crippen molar-refractivity contribution in [3.8, 4) is 0 Å². The first-order valence-corrected chi connectivity index (χ1v) is 8.13. The first kappa shape index (κ1) is 15.3. The molecule has 5 heteroatoms. The molecule has 1 saturated heterocycles. The van der Waals surface area contributed by atoms with Crippen LogP contribution in [-0.2, 0) is 15.9 Å². The molecule has 2 aliphatic rings. The van der Waals surface area contributed by atoms with Gasteiger partial charge in [0.1, 0.15) is 0 Å². The zero-order chi connectivity index (χ0) is 15.4. The molecule has 5 nitrogen and oxygen atoms in total. The van der Waals surface area contributed by atoms with E-state index >= 15 is 0 Å². The first-order chi connectivity index (χ1) is 10.7. The van der Waals surface area contributed by atoms with Gasteiger partial charge in [0.2, 0.25) is 0 Å². The normalized spacial score (nSPS) is 23.4. The van der Waals surface area contributed by atoms with Crippen LogP contribution in [0.4, 0.5) is 10.5 Å². The van der Waals surface area contributed by atoms with Crippen LogP contribution in [-0.4, -0.2) is 31.1 Å². The molecular weight excluding hydrogens is 280 g/mol. The molecular formula is C17H24N2O3. The van der Waals surface area contributed by atoms with Crippen LogP contribution in [0.15, 0.2) is 24.3 Å². The molecule has 1 atom stereocenters. The van der Waals surface area contributed by atoms with Gasteiger partial charge in [-0.3, -0.25) is 0 Å². The summed E-state index contributed by atoms with van der Waals surface area (Å²) < 4.78 is 11.5. The molecule has 22 heavy (non-hydrogen) atoms. The Morgan fingerprint density at radius 1 is 1.27 bits per heavy atom. The Morgan fingerprint density at radius 2 is 2.00 bits per heavy atom. The fourth-order valence-corrected chi connectivity index (χ4v) is 3.26. The lowest BCUT2D eigenvalue weighted by Gasteiger charge is -2.36. The van der Waals surface area contributed by atoms with Crippen molar-refractivity contribution in [3.05, 3.63) is 29.8 Å². The third-order valence-electron chi connectivity index (χ3n) is 4.44. The topological polar surface area (TPSA) is 59.6 Å². The van der Waals surface area contributed by atoms with Crippen LogP contribution in [0.2, 0.25) is 0 Å². The highest BCUT2D eigenvalue weighted by Crippen LogP contribution is 2.35. The number of carbonyl (C=O) groups is 1. The van der Waals surface area contributed by atoms with Gasteiger partial charge in [-0.15, -0.1) is 0 Å². The van der Waals surface area contributed by atoms with Gasteiger partial charge >= 0.3 is 6.03 Å². The van der Waals surface area contributed by atoms with Crippen molar-refractivity contribution in [3.63, 3.8) is 0 Å². The van der Waals surface area contributed by atoms with Crippen molar-refractivity contribution < 1.29 is 14.3 Å². The van der Waals surface area contributed by atoms with Gasteiger partial charge in [0.25, 0.3) is 0 Å². The van der Waals surface area contributed by atoms with E-state index in [4.69, 9.17) is 9.47 Å². The van der Waals surface area contributed by atoms with Crippen molar-refractivity contribution in [1.29, 1.82) is 0 Å². The molecule has 1 heterocycles. The number of amides is 2. The van der Waals surface area contributed by atoms with Crippen LogP contribution in [0.1, 0.15) is 38.2 Å². The zero-order valence-corrected chi connectivity index (χ0v) is 13.1. The average Bonchev–Trinajstić information content (AvgIpc) is 2.95. The molecule has 2 fully saturated rings. The maximum Gasteiger partial charge on any atom is 0.319 e. The standard InChI is InChI=1S/C17H24N2O3/c1-2-13-5-7-14(8-6-13)18-16(20)19-15-4-3-9-17(12-15)21-10-11-22-17/h5-8,15H,2-4,9-12H2,1H3,(H2,18,19,20). The predicted octanol–water partition coefficient (Wildman–Crippen LogP) is 3.06. The Morgan fingerprint density at radius 3 is 2.68 bits per heavy atom. The van der Waals surface area contributed by atoms with Crippen molar-refractivity contribution in [1.82, 2.24) is 5.32 Å². The van der Waals surface area contributed by atoms with Crippen LogP contribution in [0.25, 0.3) is 0 Å². The summed E-state index contributed by atoms with van der Waals surface area (Å²) in [4.78, 5) is 12.1. The van der Waals surface area contributed by atoms with E-state index in [1.54, 1.807) is 0 Å². The van der Waals surface area contributed by atoms with E-state index in [0.29, 0.717) is 13.2 Å². The highest BCUT2D eigenvalue weighted by molar-refractivity contribution is 5.89. The Hall–Kier alpha value is -1.59. The number of carbonyl (C=O) groups excluding carboxylic acids is 1. The highest BCUT2D eigenvalue weighted by atomic mass is 16.7. The number of aryl methyl sites for hydroxylation is 1. The van der Waals surface area contributed by atoms with Gasteiger partial charge in [0, 0.05) is 24.6 Å². The SMILES string of the molecule is CCc1ccc(NC(=O)NC2CCCC3(C2)OCCO3)cc1. The molecule has 0 radical (unpaired) electrons. The second-order valence-corrected chi connectivity index (χ2v) is 6.05. The van der Waals surface area contributed by atoms with Crippen molar-refractivity contribution in [2.75, 3.05) is 18.5 Å². The van der Waals surface area contributed by atoms with Crippen molar-refractivity contribution in [2.24, 2.45) is 0 Å². The van der Waals surface area contributed by atoms with Gasteiger partial charge in [-0.1, -0.05) is 19.1 Å². The number of benzene rings is 1. The van der Waals surface area contributed by atoms with E-state index in [1.807, 2.05) is 24.3 Å². The lowest BCUT2D eigenvalue weighted by atomic mass is 9.90. The van der Waals surface area contributed by atoms with Crippen LogP contribution in [0.5, 0.6) is 0 Å². The molecule has 0 bridgehead atoms. The second-order valence-electron chi connectivity index (χ2n) is 6.05. The van der Waals surface area contributed by atoms with E-state index in [2.05, 4.69) is 17.6 Å². The lowest BCUT2D eigenvalue weighted by Crippen LogP contribution is -2.47. The minimum Gasteiger partial charge on any atom is -0.347 e. The van der Waals surface area contributed by atoms with Gasteiger partial charge in [-0.05, 0) is 37.0 Å². The second kappa shape index (κ2) is 6.67. The molecule has 2 N–H and O–H groups in total. The molecule has 1 aliphatic carbocycles. The Kier molecular flexibility index (Phi) is 4.64. The molecule has 1 aliphatic heterocycles. The fourth-order valence-electron chi connectivity index (χ4n) is 3.26. The third kappa shape index (κ3) is 3.59. The number of ether oxygens (including phenoxy) is 2. The number of hydrogen-bond acceptors (Lipinski definition) is 3. The quantitative estimate of drug-likeness (QED) is 0.902. The summed E-state index contributed by atoms with van der Waals surface area (Å²) in [6.07, 6.45) is 4.63. The van der Waals surface area contributed by atoms with E-state index in [-0.39, 0.29) is 12.1 Å². The number of rotatable bonds is 3. The summed E-state index contributed by atoms with van der Waals surface area (Å²) in [6, 6.07) is 7.87. The van der Waals surface area contributed by atoms with Gasteiger partial charge in [0.05, 0.1) is 13.2 Å². The van der Waals surface area contributed by atoms with Gasteiger partial charge in [-0.2, -0.15) is 0 Å². The van der Waals surface area contributed by atoms with E-state index in [1.165, 1.54) is 5.56 Å². The first-order valence-electron chi connectivity index (χ1n) is 8.13. The maximum absolute atomic E-state index is 12.1. The predicted molar refractivity (Wildman–Crippen MR) is 84.9 cm³/mol. The molecule has 2 amide bonds. The van der Waals surface area contributed by atoms with E-state index in [0.717, 1.165) is 37.8 Å². The molecule has 1 saturated carbocycles. The largest absolute Gasteiger partial charge is 0.347 e. The zero-order valence-electron chi connectivity index (χ0n) is 13.1. The monoisotopic (exact) mass is 304 g/mol. The summed E-state index contributed by atoms with van der Waals surface area (Å²) in [7, 11) is 0.